The molecule has 1 amide bonds. The van der Waals surface area contributed by atoms with E-state index in [1.165, 1.54) is 0 Å². The number of benzene rings is 1. The highest BCUT2D eigenvalue weighted by Crippen LogP contribution is 2.27. The Morgan fingerprint density at radius 2 is 2.15 bits per heavy atom. The summed E-state index contributed by atoms with van der Waals surface area (Å²) in [6, 6.07) is 10.1. The molecule has 1 aliphatic heterocycles. The maximum atomic E-state index is 13.2. The Morgan fingerprint density at radius 1 is 1.30 bits per heavy atom. The van der Waals surface area contributed by atoms with Crippen LogP contribution in [0, 0.1) is 0 Å². The smallest absolute Gasteiger partial charge is 0.257 e. The number of carbonyl (C=O) groups excluding carboxylic acids is 1. The number of H-pyrrole nitrogens is 1. The Bertz CT molecular complexity index is 900. The molecule has 140 valence electrons. The van der Waals surface area contributed by atoms with Gasteiger partial charge in [0.2, 0.25) is 0 Å². The van der Waals surface area contributed by atoms with E-state index in [-0.39, 0.29) is 11.9 Å². The third-order valence-corrected chi connectivity index (χ3v) is 5.31. The molecule has 4 rings (SSSR count). The lowest BCUT2D eigenvalue weighted by molar-refractivity contribution is 0.0731. The van der Waals surface area contributed by atoms with Crippen LogP contribution in [0.2, 0.25) is 0 Å². The van der Waals surface area contributed by atoms with Gasteiger partial charge in [0.05, 0.1) is 17.5 Å². The first kappa shape index (κ1) is 17.5. The quantitative estimate of drug-likeness (QED) is 0.729. The number of aryl methyl sites for hydroxylation is 2. The summed E-state index contributed by atoms with van der Waals surface area (Å²) in [5, 5.41) is 15.3. The third kappa shape index (κ3) is 3.49. The lowest BCUT2D eigenvalue weighted by atomic mass is 10.1. The molecule has 3 aromatic rings. The zero-order chi connectivity index (χ0) is 18.6. The first-order chi connectivity index (χ1) is 13.3. The number of hydrogen-bond acceptors (Lipinski definition) is 4. The number of aromatic nitrogens is 5. The number of rotatable bonds is 6. The van der Waals surface area contributed by atoms with Crippen molar-refractivity contribution in [3.05, 3.63) is 54.2 Å². The average Bonchev–Trinajstić information content (AvgIpc) is 3.46. The molecule has 1 aromatic carbocycles. The van der Waals surface area contributed by atoms with Gasteiger partial charge in [-0.15, -0.1) is 10.2 Å². The Kier molecular flexibility index (Phi) is 5.00. The molecule has 1 fully saturated rings. The van der Waals surface area contributed by atoms with Gasteiger partial charge >= 0.3 is 0 Å². The molecule has 1 unspecified atom stereocenters. The number of hydrogen-bond donors (Lipinski definition) is 1. The Labute approximate surface area is 158 Å². The molecule has 1 aliphatic rings. The predicted molar refractivity (Wildman–Crippen MR) is 102 cm³/mol. The minimum absolute atomic E-state index is 0.0575. The standard InChI is InChI=1S/C20H24N6O/c1-2-25-14-22-23-18(25)11-10-16-9-6-12-26(16)20(27)17-13-21-24-19(17)15-7-4-3-5-8-15/h3-5,7-8,13-14,16H,2,6,9-12H2,1H3,(H,21,24). The van der Waals surface area contributed by atoms with Crippen molar-refractivity contribution in [3.8, 4) is 11.3 Å². The molecule has 1 saturated heterocycles. The van der Waals surface area contributed by atoms with E-state index in [1.54, 1.807) is 12.5 Å². The Balaban J connectivity index is 1.49. The average molecular weight is 364 g/mol. The maximum absolute atomic E-state index is 13.2. The van der Waals surface area contributed by atoms with E-state index in [2.05, 4.69) is 31.9 Å². The van der Waals surface area contributed by atoms with Crippen LogP contribution in [0.3, 0.4) is 0 Å². The van der Waals surface area contributed by atoms with Crippen LogP contribution in [0.25, 0.3) is 11.3 Å². The van der Waals surface area contributed by atoms with Gasteiger partial charge in [-0.05, 0) is 26.2 Å². The fraction of sp³-hybridized carbons (Fsp3) is 0.400. The van der Waals surface area contributed by atoms with Gasteiger partial charge in [0.1, 0.15) is 12.2 Å². The van der Waals surface area contributed by atoms with Gasteiger partial charge in [-0.2, -0.15) is 5.10 Å². The molecule has 0 aliphatic carbocycles. The molecule has 7 heteroatoms. The summed E-state index contributed by atoms with van der Waals surface area (Å²) >= 11 is 0. The fourth-order valence-electron chi connectivity index (χ4n) is 3.86. The summed E-state index contributed by atoms with van der Waals surface area (Å²) in [4.78, 5) is 15.2. The molecule has 1 atom stereocenters. The highest BCUT2D eigenvalue weighted by Gasteiger charge is 2.31. The molecule has 0 bridgehead atoms. The second-order valence-electron chi connectivity index (χ2n) is 6.89. The molecular formula is C20H24N6O. The van der Waals surface area contributed by atoms with Gasteiger partial charge < -0.3 is 9.47 Å². The molecule has 7 nitrogen and oxygen atoms in total. The van der Waals surface area contributed by atoms with E-state index < -0.39 is 0 Å². The van der Waals surface area contributed by atoms with Crippen LogP contribution < -0.4 is 0 Å². The van der Waals surface area contributed by atoms with Crippen LogP contribution in [-0.4, -0.2) is 48.4 Å². The van der Waals surface area contributed by atoms with E-state index >= 15 is 0 Å². The first-order valence-electron chi connectivity index (χ1n) is 9.54. The van der Waals surface area contributed by atoms with Crippen molar-refractivity contribution in [2.75, 3.05) is 6.54 Å². The van der Waals surface area contributed by atoms with Gasteiger partial charge in [0, 0.05) is 31.1 Å². The number of nitrogens with one attached hydrogen (secondary N) is 1. The van der Waals surface area contributed by atoms with Crippen LogP contribution in [0.5, 0.6) is 0 Å². The van der Waals surface area contributed by atoms with E-state index in [9.17, 15) is 4.79 Å². The zero-order valence-corrected chi connectivity index (χ0v) is 15.5. The van der Waals surface area contributed by atoms with Gasteiger partial charge in [-0.25, -0.2) is 0 Å². The molecule has 0 radical (unpaired) electrons. The van der Waals surface area contributed by atoms with Crippen molar-refractivity contribution in [2.45, 2.75) is 45.2 Å². The van der Waals surface area contributed by atoms with Crippen molar-refractivity contribution in [1.82, 2.24) is 29.9 Å². The van der Waals surface area contributed by atoms with Gasteiger partial charge in [0.15, 0.2) is 0 Å². The van der Waals surface area contributed by atoms with Crippen LogP contribution in [0.4, 0.5) is 0 Å². The second-order valence-corrected chi connectivity index (χ2v) is 6.89. The van der Waals surface area contributed by atoms with Gasteiger partial charge in [0.25, 0.3) is 5.91 Å². The van der Waals surface area contributed by atoms with Gasteiger partial charge in [-0.3, -0.25) is 9.89 Å². The normalized spacial score (nSPS) is 16.8. The number of aromatic amines is 1. The summed E-state index contributed by atoms with van der Waals surface area (Å²) < 4.78 is 2.06. The molecule has 27 heavy (non-hydrogen) atoms. The minimum Gasteiger partial charge on any atom is -0.336 e. The number of amides is 1. The van der Waals surface area contributed by atoms with Crippen LogP contribution in [0.1, 0.15) is 42.4 Å². The van der Waals surface area contributed by atoms with Crippen molar-refractivity contribution in [2.24, 2.45) is 0 Å². The molecule has 1 N–H and O–H groups in total. The summed E-state index contributed by atoms with van der Waals surface area (Å²) in [5.41, 5.74) is 2.41. The topological polar surface area (TPSA) is 79.7 Å². The first-order valence-corrected chi connectivity index (χ1v) is 9.54. The minimum atomic E-state index is 0.0575. The highest BCUT2D eigenvalue weighted by molar-refractivity contribution is 6.00. The van der Waals surface area contributed by atoms with Crippen LogP contribution in [0.15, 0.2) is 42.9 Å². The molecule has 0 spiro atoms. The van der Waals surface area contributed by atoms with Gasteiger partial charge in [-0.1, -0.05) is 30.3 Å². The summed E-state index contributed by atoms with van der Waals surface area (Å²) in [7, 11) is 0. The maximum Gasteiger partial charge on any atom is 0.257 e. The predicted octanol–water partition coefficient (Wildman–Crippen LogP) is 2.93. The Hall–Kier alpha value is -2.96. The Morgan fingerprint density at radius 3 is 2.96 bits per heavy atom. The van der Waals surface area contributed by atoms with E-state index in [1.807, 2.05) is 35.2 Å². The molecule has 3 heterocycles. The van der Waals surface area contributed by atoms with Crippen molar-refractivity contribution in [3.63, 3.8) is 0 Å². The second kappa shape index (κ2) is 7.73. The third-order valence-electron chi connectivity index (χ3n) is 5.31. The zero-order valence-electron chi connectivity index (χ0n) is 15.5. The van der Waals surface area contributed by atoms with E-state index in [0.29, 0.717) is 5.56 Å². The van der Waals surface area contributed by atoms with Crippen molar-refractivity contribution >= 4 is 5.91 Å². The molecule has 2 aromatic heterocycles. The fourth-order valence-corrected chi connectivity index (χ4v) is 3.86. The summed E-state index contributed by atoms with van der Waals surface area (Å²) in [5.74, 6) is 1.05. The largest absolute Gasteiger partial charge is 0.336 e. The number of likely N-dealkylation sites (tertiary alicyclic amines) is 1. The van der Waals surface area contributed by atoms with Crippen molar-refractivity contribution in [1.29, 1.82) is 0 Å². The number of carbonyl (C=O) groups is 1. The summed E-state index contributed by atoms with van der Waals surface area (Å²) in [6.07, 6.45) is 7.22. The number of nitrogens with zero attached hydrogens (tertiary/aromatic N) is 5. The lowest BCUT2D eigenvalue weighted by Gasteiger charge is -2.24. The monoisotopic (exact) mass is 364 g/mol. The van der Waals surface area contributed by atoms with Crippen LogP contribution >= 0.6 is 0 Å². The van der Waals surface area contributed by atoms with Crippen LogP contribution in [-0.2, 0) is 13.0 Å². The SMILES string of the molecule is CCn1cnnc1CCC1CCCN1C(=O)c1cn[nH]c1-c1ccccc1. The lowest BCUT2D eigenvalue weighted by Crippen LogP contribution is -2.36. The highest BCUT2D eigenvalue weighted by atomic mass is 16.2. The molecule has 0 saturated carbocycles. The molecular weight excluding hydrogens is 340 g/mol. The van der Waals surface area contributed by atoms with Crippen molar-refractivity contribution < 1.29 is 4.79 Å². The van der Waals surface area contributed by atoms with E-state index in [0.717, 1.165) is 55.9 Å². The summed E-state index contributed by atoms with van der Waals surface area (Å²) in [6.45, 7) is 3.75. The van der Waals surface area contributed by atoms with E-state index in [4.69, 9.17) is 0 Å².